The van der Waals surface area contributed by atoms with E-state index in [9.17, 15) is 78.6 Å². The van der Waals surface area contributed by atoms with Crippen LogP contribution in [-0.2, 0) is 47.9 Å². The van der Waals surface area contributed by atoms with Crippen molar-refractivity contribution in [3.63, 3.8) is 0 Å². The van der Waals surface area contributed by atoms with E-state index in [4.69, 9.17) is 5.73 Å². The monoisotopic (exact) mass is 860 g/mol. The summed E-state index contributed by atoms with van der Waals surface area (Å²) in [4.78, 5) is 128. The molecule has 24 nitrogen and oxygen atoms in total. The van der Waals surface area contributed by atoms with Gasteiger partial charge < -0.3 is 73.2 Å². The second kappa shape index (κ2) is 24.6. The molecule has 24 heteroatoms. The molecule has 1 aliphatic rings. The molecule has 0 aromatic heterocycles. The summed E-state index contributed by atoms with van der Waals surface area (Å²) in [5.41, 5.74) is 5.86. The number of carboxylic acid groups (broad SMARTS) is 3. The van der Waals surface area contributed by atoms with Gasteiger partial charge in [0.05, 0.1) is 37.7 Å². The van der Waals surface area contributed by atoms with Crippen molar-refractivity contribution in [2.75, 3.05) is 13.2 Å². The predicted molar refractivity (Wildman–Crippen MR) is 206 cm³/mol. The molecular formula is C36H60N8O16. The quantitative estimate of drug-likeness (QED) is 0.0409. The van der Waals surface area contributed by atoms with Gasteiger partial charge in [0.1, 0.15) is 42.3 Å². The van der Waals surface area contributed by atoms with E-state index in [1.807, 2.05) is 0 Å². The molecule has 0 unspecified atom stereocenters. The summed E-state index contributed by atoms with van der Waals surface area (Å²) in [7, 11) is 0. The summed E-state index contributed by atoms with van der Waals surface area (Å²) in [5, 5.41) is 72.1. The van der Waals surface area contributed by atoms with Crippen molar-refractivity contribution in [2.24, 2.45) is 17.6 Å². The van der Waals surface area contributed by atoms with Crippen molar-refractivity contribution < 1.29 is 78.6 Å². The highest BCUT2D eigenvalue weighted by molar-refractivity contribution is 5.99. The molecule has 1 fully saturated rings. The Hall–Kier alpha value is -5.46. The van der Waals surface area contributed by atoms with E-state index in [2.05, 4.69) is 31.9 Å². The zero-order chi connectivity index (χ0) is 46.2. The standard InChI is InChI=1S/C36H60N8O16/c1-7-16(4)26(36(59)60)41-30(53)20(12-24(48)49)38-33(56)28(18(6)47)43-32(55)23-9-8-10-44(23)35(58)21(13-25(50)51)39-31(54)22(14-45)40-34(57)27(17(5)46)42-29(52)19(37)11-15(2)3/h15-23,26-28,45-47H,7-14,37H2,1-6H3,(H,38,56)(H,39,54)(H,40,57)(H,41,53)(H,42,52)(H,43,55)(H,48,49)(H,50,51)(H,59,60)/t16-,17+,18+,19-,20-,21-,22-,23-,26-,27-,28-/m0/s1. The minimum atomic E-state index is -1.90. The largest absolute Gasteiger partial charge is 0.481 e. The first-order valence-electron chi connectivity index (χ1n) is 19.4. The molecule has 1 saturated heterocycles. The molecule has 7 amide bonds. The van der Waals surface area contributed by atoms with Gasteiger partial charge in [-0.3, -0.25) is 43.2 Å². The fraction of sp³-hybridized carbons (Fsp3) is 0.722. The van der Waals surface area contributed by atoms with E-state index >= 15 is 0 Å². The molecule has 0 aromatic rings. The summed E-state index contributed by atoms with van der Waals surface area (Å²) in [6.45, 7) is 7.76. The lowest BCUT2D eigenvalue weighted by atomic mass is 9.98. The second-order valence-corrected chi connectivity index (χ2v) is 15.2. The average molecular weight is 861 g/mol. The number of nitrogens with one attached hydrogen (secondary N) is 6. The van der Waals surface area contributed by atoms with E-state index < -0.39 is 145 Å². The Bertz CT molecular complexity index is 1580. The van der Waals surface area contributed by atoms with Gasteiger partial charge in [0, 0.05) is 6.54 Å². The lowest BCUT2D eigenvalue weighted by molar-refractivity contribution is -0.147. The van der Waals surface area contributed by atoms with Crippen LogP contribution in [0, 0.1) is 11.8 Å². The maximum atomic E-state index is 13.8. The number of rotatable bonds is 25. The number of hydrogen-bond donors (Lipinski definition) is 13. The number of nitrogens with zero attached hydrogens (tertiary/aromatic N) is 1. The Morgan fingerprint density at radius 3 is 1.58 bits per heavy atom. The van der Waals surface area contributed by atoms with E-state index in [0.29, 0.717) is 6.42 Å². The smallest absolute Gasteiger partial charge is 0.326 e. The number of hydrogen-bond acceptors (Lipinski definition) is 14. The molecule has 11 atom stereocenters. The van der Waals surface area contributed by atoms with E-state index in [0.717, 1.165) is 18.7 Å². The van der Waals surface area contributed by atoms with Crippen LogP contribution in [0.15, 0.2) is 0 Å². The van der Waals surface area contributed by atoms with Crippen LogP contribution in [-0.4, -0.2) is 168 Å². The molecule has 0 saturated carbocycles. The van der Waals surface area contributed by atoms with E-state index in [-0.39, 0.29) is 31.7 Å². The number of nitrogens with two attached hydrogens (primary N) is 1. The van der Waals surface area contributed by atoms with Crippen LogP contribution in [0.2, 0.25) is 0 Å². The number of amides is 7. The molecule has 0 aliphatic carbocycles. The predicted octanol–water partition coefficient (Wildman–Crippen LogP) is -4.91. The molecule has 340 valence electrons. The zero-order valence-corrected chi connectivity index (χ0v) is 34.4. The van der Waals surface area contributed by atoms with Gasteiger partial charge in [0.25, 0.3) is 0 Å². The molecule has 0 spiro atoms. The molecule has 1 rings (SSSR count). The fourth-order valence-corrected chi connectivity index (χ4v) is 6.12. The molecular weight excluding hydrogens is 800 g/mol. The van der Waals surface area contributed by atoms with Crippen molar-refractivity contribution in [1.82, 2.24) is 36.8 Å². The van der Waals surface area contributed by atoms with Gasteiger partial charge in [-0.25, -0.2) is 4.79 Å². The molecule has 0 bridgehead atoms. The van der Waals surface area contributed by atoms with E-state index in [1.165, 1.54) is 6.92 Å². The molecule has 1 heterocycles. The Balaban J connectivity index is 3.23. The van der Waals surface area contributed by atoms with Crippen molar-refractivity contribution in [3.05, 3.63) is 0 Å². The van der Waals surface area contributed by atoms with Crippen molar-refractivity contribution >= 4 is 59.3 Å². The third-order valence-electron chi connectivity index (χ3n) is 9.62. The maximum Gasteiger partial charge on any atom is 0.326 e. The first-order chi connectivity index (χ1) is 27.9. The Morgan fingerprint density at radius 1 is 0.650 bits per heavy atom. The van der Waals surface area contributed by atoms with Crippen LogP contribution in [0.1, 0.15) is 80.1 Å². The van der Waals surface area contributed by atoms with Gasteiger partial charge in [-0.2, -0.15) is 0 Å². The highest BCUT2D eigenvalue weighted by atomic mass is 16.4. The summed E-state index contributed by atoms with van der Waals surface area (Å²) in [6.07, 6.45) is -4.61. The number of carboxylic acids is 3. The second-order valence-electron chi connectivity index (χ2n) is 15.2. The summed E-state index contributed by atoms with van der Waals surface area (Å²) >= 11 is 0. The van der Waals surface area contributed by atoms with Crippen molar-refractivity contribution in [2.45, 2.75) is 141 Å². The van der Waals surface area contributed by atoms with Crippen molar-refractivity contribution in [3.8, 4) is 0 Å². The number of aliphatic carboxylic acids is 3. The van der Waals surface area contributed by atoms with Crippen LogP contribution in [0.4, 0.5) is 0 Å². The third-order valence-corrected chi connectivity index (χ3v) is 9.62. The van der Waals surface area contributed by atoms with E-state index in [1.54, 1.807) is 20.8 Å². The normalized spacial score (nSPS) is 18.8. The summed E-state index contributed by atoms with van der Waals surface area (Å²) in [6, 6.07) is -13.0. The lowest BCUT2D eigenvalue weighted by Gasteiger charge is -2.31. The number of carbonyl (C=O) groups excluding carboxylic acids is 7. The summed E-state index contributed by atoms with van der Waals surface area (Å²) < 4.78 is 0. The fourth-order valence-electron chi connectivity index (χ4n) is 6.12. The molecule has 14 N–H and O–H groups in total. The third kappa shape index (κ3) is 16.3. The van der Waals surface area contributed by atoms with Crippen LogP contribution < -0.4 is 37.6 Å². The van der Waals surface area contributed by atoms with Crippen LogP contribution >= 0.6 is 0 Å². The Labute approximate surface area is 345 Å². The number of likely N-dealkylation sites (tertiary alicyclic amines) is 1. The van der Waals surface area contributed by atoms with Gasteiger partial charge in [0.15, 0.2) is 0 Å². The van der Waals surface area contributed by atoms with Gasteiger partial charge in [-0.15, -0.1) is 0 Å². The highest BCUT2D eigenvalue weighted by Crippen LogP contribution is 2.20. The zero-order valence-electron chi connectivity index (χ0n) is 34.4. The van der Waals surface area contributed by atoms with Gasteiger partial charge in [-0.05, 0) is 44.9 Å². The Morgan fingerprint density at radius 2 is 1.12 bits per heavy atom. The minimum absolute atomic E-state index is 0.00884. The van der Waals surface area contributed by atoms with Crippen LogP contribution in [0.5, 0.6) is 0 Å². The first kappa shape index (κ1) is 52.6. The molecule has 60 heavy (non-hydrogen) atoms. The van der Waals surface area contributed by atoms with Gasteiger partial charge in [0.2, 0.25) is 41.4 Å². The van der Waals surface area contributed by atoms with Crippen LogP contribution in [0.25, 0.3) is 0 Å². The summed E-state index contributed by atoms with van der Waals surface area (Å²) in [5.74, 6) is -12.9. The van der Waals surface area contributed by atoms with Gasteiger partial charge in [-0.1, -0.05) is 34.1 Å². The van der Waals surface area contributed by atoms with Gasteiger partial charge >= 0.3 is 17.9 Å². The molecule has 1 aliphatic heterocycles. The minimum Gasteiger partial charge on any atom is -0.481 e. The highest BCUT2D eigenvalue weighted by Gasteiger charge is 2.42. The molecule has 0 radical (unpaired) electrons. The SMILES string of the molecule is CC[C@H](C)[C@H](NC(=O)[C@H](CC(=O)O)NC(=O)[C@@H](NC(=O)[C@@H]1CCCN1C(=O)[C@H](CC(=O)O)NC(=O)[C@H](CO)NC(=O)[C@@H](NC(=O)[C@@H](N)CC(C)C)[C@@H](C)O)[C@@H](C)O)C(=O)O. The number of carbonyl (C=O) groups is 10. The Kier molecular flexibility index (Phi) is 21.5. The first-order valence-corrected chi connectivity index (χ1v) is 19.4. The lowest BCUT2D eigenvalue weighted by Crippen LogP contribution is -2.62. The topological polar surface area (TPSA) is 394 Å². The van der Waals surface area contributed by atoms with Crippen LogP contribution in [0.3, 0.4) is 0 Å². The number of aliphatic hydroxyl groups excluding tert-OH is 3. The molecule has 0 aromatic carbocycles. The van der Waals surface area contributed by atoms with Crippen molar-refractivity contribution in [1.29, 1.82) is 0 Å². The average Bonchev–Trinajstić information content (AvgIpc) is 3.64. The number of aliphatic hydroxyl groups is 3. The maximum absolute atomic E-state index is 13.8.